The van der Waals surface area contributed by atoms with Crippen molar-refractivity contribution in [2.75, 3.05) is 0 Å². The Hall–Kier alpha value is -3.16. The minimum absolute atomic E-state index is 0.0807. The van der Waals surface area contributed by atoms with E-state index in [4.69, 9.17) is 4.52 Å². The van der Waals surface area contributed by atoms with Crippen molar-refractivity contribution in [3.63, 3.8) is 0 Å². The number of aromatic amines is 1. The summed E-state index contributed by atoms with van der Waals surface area (Å²) >= 11 is 0. The number of amides is 1. The third kappa shape index (κ3) is 4.52. The van der Waals surface area contributed by atoms with Crippen LogP contribution in [0.4, 0.5) is 0 Å². The van der Waals surface area contributed by atoms with E-state index >= 15 is 0 Å². The van der Waals surface area contributed by atoms with Crippen LogP contribution in [-0.4, -0.2) is 38.1 Å². The number of aromatic nitrogens is 3. The van der Waals surface area contributed by atoms with Crippen molar-refractivity contribution >= 4 is 22.8 Å². The summed E-state index contributed by atoms with van der Waals surface area (Å²) in [5.74, 6) is -0.338. The summed E-state index contributed by atoms with van der Waals surface area (Å²) in [7, 11) is 0. The summed E-state index contributed by atoms with van der Waals surface area (Å²) in [4.78, 5) is 31.1. The molecule has 1 unspecified atom stereocenters. The molecule has 0 spiro atoms. The zero-order valence-electron chi connectivity index (χ0n) is 15.2. The number of para-hydroxylation sites is 1. The van der Waals surface area contributed by atoms with Gasteiger partial charge in [-0.05, 0) is 11.6 Å². The first-order valence-electron chi connectivity index (χ1n) is 8.83. The summed E-state index contributed by atoms with van der Waals surface area (Å²) in [5.41, 5.74) is 1.78. The van der Waals surface area contributed by atoms with Gasteiger partial charge in [-0.15, -0.1) is 0 Å². The molecule has 3 aromatic rings. The number of fused-ring (bicyclic) bond motifs is 1. The van der Waals surface area contributed by atoms with Crippen LogP contribution in [0.5, 0.6) is 0 Å². The van der Waals surface area contributed by atoms with Gasteiger partial charge in [-0.2, -0.15) is 4.98 Å². The van der Waals surface area contributed by atoms with E-state index < -0.39 is 12.0 Å². The Morgan fingerprint density at radius 1 is 1.30 bits per heavy atom. The highest BCUT2D eigenvalue weighted by atomic mass is 16.5. The molecule has 8 nitrogen and oxygen atoms in total. The SMILES string of the molecule is CC(C)c1noc(CCC(=O)NC(Cc2c[nH]c3ccccc23)C(=O)O)n1. The average Bonchev–Trinajstić information content (AvgIpc) is 3.27. The number of carboxylic acids is 1. The minimum atomic E-state index is -1.08. The zero-order chi connectivity index (χ0) is 19.4. The monoisotopic (exact) mass is 370 g/mol. The molecule has 0 saturated carbocycles. The summed E-state index contributed by atoms with van der Waals surface area (Å²) in [6.07, 6.45) is 2.32. The topological polar surface area (TPSA) is 121 Å². The molecule has 8 heteroatoms. The molecule has 3 N–H and O–H groups in total. The van der Waals surface area contributed by atoms with E-state index in [1.807, 2.05) is 38.1 Å². The van der Waals surface area contributed by atoms with E-state index in [0.29, 0.717) is 11.7 Å². The number of aliphatic carboxylic acids is 1. The molecule has 0 bridgehead atoms. The molecular weight excluding hydrogens is 348 g/mol. The first kappa shape index (κ1) is 18.6. The maximum atomic E-state index is 12.2. The first-order chi connectivity index (χ1) is 12.9. The van der Waals surface area contributed by atoms with E-state index in [9.17, 15) is 14.7 Å². The van der Waals surface area contributed by atoms with Gasteiger partial charge in [0.05, 0.1) is 0 Å². The second-order valence-corrected chi connectivity index (χ2v) is 6.72. The Kier molecular flexibility index (Phi) is 5.54. The van der Waals surface area contributed by atoms with Crippen LogP contribution >= 0.6 is 0 Å². The highest BCUT2D eigenvalue weighted by Crippen LogP contribution is 2.19. The van der Waals surface area contributed by atoms with Gasteiger partial charge in [-0.3, -0.25) is 4.79 Å². The number of nitrogens with one attached hydrogen (secondary N) is 2. The van der Waals surface area contributed by atoms with Crippen LogP contribution in [0.1, 0.15) is 43.5 Å². The Labute approximate surface area is 156 Å². The van der Waals surface area contributed by atoms with Gasteiger partial charge in [0.15, 0.2) is 5.82 Å². The molecule has 0 fully saturated rings. The highest BCUT2D eigenvalue weighted by molar-refractivity contribution is 5.86. The fraction of sp³-hybridized carbons (Fsp3) is 0.368. The number of hydrogen-bond acceptors (Lipinski definition) is 5. The first-order valence-corrected chi connectivity index (χ1v) is 8.83. The third-order valence-corrected chi connectivity index (χ3v) is 4.30. The Morgan fingerprint density at radius 3 is 2.78 bits per heavy atom. The Bertz CT molecular complexity index is 944. The molecular formula is C19H22N4O4. The van der Waals surface area contributed by atoms with Gasteiger partial charge in [-0.1, -0.05) is 37.2 Å². The summed E-state index contributed by atoms with van der Waals surface area (Å²) in [6, 6.07) is 6.63. The van der Waals surface area contributed by atoms with Crippen molar-refractivity contribution in [2.45, 2.75) is 45.1 Å². The number of benzene rings is 1. The normalized spacial score (nSPS) is 12.4. The average molecular weight is 370 g/mol. The van der Waals surface area contributed by atoms with Crippen LogP contribution in [0.2, 0.25) is 0 Å². The van der Waals surface area contributed by atoms with Crippen LogP contribution < -0.4 is 5.32 Å². The Balaban J connectivity index is 1.60. The number of hydrogen-bond donors (Lipinski definition) is 3. The highest BCUT2D eigenvalue weighted by Gasteiger charge is 2.22. The molecule has 1 amide bonds. The van der Waals surface area contributed by atoms with Crippen LogP contribution in [0.3, 0.4) is 0 Å². The smallest absolute Gasteiger partial charge is 0.326 e. The van der Waals surface area contributed by atoms with Crippen LogP contribution in [0.25, 0.3) is 10.9 Å². The number of aryl methyl sites for hydroxylation is 1. The molecule has 0 aliphatic rings. The number of H-pyrrole nitrogens is 1. The quantitative estimate of drug-likeness (QED) is 0.560. The molecule has 142 valence electrons. The number of carboxylic acid groups (broad SMARTS) is 1. The van der Waals surface area contributed by atoms with Gasteiger partial charge in [0.1, 0.15) is 6.04 Å². The molecule has 1 atom stereocenters. The standard InChI is InChI=1S/C19H22N4O4/c1-11(2)18-22-17(27-23-18)8-7-16(24)21-15(19(25)26)9-12-10-20-14-6-4-3-5-13(12)14/h3-6,10-11,15,20H,7-9H2,1-2H3,(H,21,24)(H,25,26). The number of carbonyl (C=O) groups is 2. The van der Waals surface area contributed by atoms with Crippen LogP contribution in [0, 0.1) is 0 Å². The summed E-state index contributed by atoms with van der Waals surface area (Å²) in [5, 5.41) is 16.8. The van der Waals surface area contributed by atoms with Gasteiger partial charge < -0.3 is 19.9 Å². The predicted molar refractivity (Wildman–Crippen MR) is 98.3 cm³/mol. The largest absolute Gasteiger partial charge is 0.480 e. The summed E-state index contributed by atoms with van der Waals surface area (Å²) < 4.78 is 5.10. The van der Waals surface area contributed by atoms with Crippen molar-refractivity contribution in [3.8, 4) is 0 Å². The number of carbonyl (C=O) groups excluding carboxylic acids is 1. The maximum absolute atomic E-state index is 12.2. The fourth-order valence-corrected chi connectivity index (χ4v) is 2.81. The van der Waals surface area contributed by atoms with Gasteiger partial charge in [-0.25, -0.2) is 4.79 Å². The second-order valence-electron chi connectivity index (χ2n) is 6.72. The second kappa shape index (κ2) is 8.03. The van der Waals surface area contributed by atoms with E-state index in [2.05, 4.69) is 20.4 Å². The van der Waals surface area contributed by atoms with Crippen molar-refractivity contribution in [1.29, 1.82) is 0 Å². The molecule has 27 heavy (non-hydrogen) atoms. The van der Waals surface area contributed by atoms with Gasteiger partial charge in [0, 0.05) is 42.3 Å². The lowest BCUT2D eigenvalue weighted by atomic mass is 10.0. The maximum Gasteiger partial charge on any atom is 0.326 e. The van der Waals surface area contributed by atoms with E-state index in [-0.39, 0.29) is 31.1 Å². The van der Waals surface area contributed by atoms with Crippen LogP contribution in [0.15, 0.2) is 35.0 Å². The molecule has 2 heterocycles. The Morgan fingerprint density at radius 2 is 2.07 bits per heavy atom. The molecule has 0 aliphatic heterocycles. The molecule has 0 saturated heterocycles. The third-order valence-electron chi connectivity index (χ3n) is 4.30. The van der Waals surface area contributed by atoms with Gasteiger partial charge >= 0.3 is 5.97 Å². The zero-order valence-corrected chi connectivity index (χ0v) is 15.2. The predicted octanol–water partition coefficient (Wildman–Crippen LogP) is 2.42. The van der Waals surface area contributed by atoms with Crippen LogP contribution in [-0.2, 0) is 22.4 Å². The molecule has 3 rings (SSSR count). The molecule has 0 radical (unpaired) electrons. The van der Waals surface area contributed by atoms with E-state index in [1.54, 1.807) is 6.20 Å². The van der Waals surface area contributed by atoms with Crippen molar-refractivity contribution in [1.82, 2.24) is 20.4 Å². The minimum Gasteiger partial charge on any atom is -0.480 e. The molecule has 1 aromatic carbocycles. The lowest BCUT2D eigenvalue weighted by molar-refractivity contribution is -0.141. The van der Waals surface area contributed by atoms with Crippen molar-refractivity contribution in [3.05, 3.63) is 47.7 Å². The van der Waals surface area contributed by atoms with Crippen molar-refractivity contribution < 1.29 is 19.2 Å². The van der Waals surface area contributed by atoms with E-state index in [0.717, 1.165) is 16.5 Å². The molecule has 2 aromatic heterocycles. The van der Waals surface area contributed by atoms with Gasteiger partial charge in [0.2, 0.25) is 11.8 Å². The van der Waals surface area contributed by atoms with E-state index in [1.165, 1.54) is 0 Å². The number of rotatable bonds is 8. The van der Waals surface area contributed by atoms with Crippen molar-refractivity contribution in [2.24, 2.45) is 0 Å². The summed E-state index contributed by atoms with van der Waals surface area (Å²) in [6.45, 7) is 3.90. The fourth-order valence-electron chi connectivity index (χ4n) is 2.81. The number of nitrogens with zero attached hydrogens (tertiary/aromatic N) is 2. The van der Waals surface area contributed by atoms with Gasteiger partial charge in [0.25, 0.3) is 0 Å². The lowest BCUT2D eigenvalue weighted by Gasteiger charge is -2.14. The molecule has 0 aliphatic carbocycles. The lowest BCUT2D eigenvalue weighted by Crippen LogP contribution is -2.42.